The molecule has 0 aromatic carbocycles. The lowest BCUT2D eigenvalue weighted by Crippen LogP contribution is -2.52. The normalized spacial score (nSPS) is 26.3. The highest BCUT2D eigenvalue weighted by molar-refractivity contribution is 8.00. The molecule has 2 unspecified atom stereocenters. The number of carbonyl (C=O) groups excluding carboxylic acids is 1. The molecular weight excluding hydrogens is 240 g/mol. The standard InChI is InChI=1S/C11H20N2O3S/c1-4-7(12)9(14)13-8(11(15)16)5-17-10(13)6(2)3/h6-8,10H,4-5,12H2,1-3H3,(H,15,16)/t7-,8?,10?/m1/s1. The van der Waals surface area contributed by atoms with Crippen LogP contribution in [-0.2, 0) is 9.59 Å². The molecule has 6 heteroatoms. The average molecular weight is 260 g/mol. The maximum absolute atomic E-state index is 12.1. The van der Waals surface area contributed by atoms with E-state index in [-0.39, 0.29) is 17.2 Å². The van der Waals surface area contributed by atoms with Gasteiger partial charge >= 0.3 is 5.97 Å². The summed E-state index contributed by atoms with van der Waals surface area (Å²) in [6.07, 6.45) is 0.525. The third-order valence-corrected chi connectivity index (χ3v) is 4.52. The Balaban J connectivity index is 2.93. The van der Waals surface area contributed by atoms with Gasteiger partial charge in [-0.05, 0) is 12.3 Å². The second kappa shape index (κ2) is 5.73. The molecule has 3 atom stereocenters. The predicted octanol–water partition coefficient (Wildman–Crippen LogP) is 0.734. The van der Waals surface area contributed by atoms with Crippen LogP contribution in [0.3, 0.4) is 0 Å². The quantitative estimate of drug-likeness (QED) is 0.778. The van der Waals surface area contributed by atoms with Gasteiger partial charge in [-0.3, -0.25) is 4.79 Å². The number of hydrogen-bond donors (Lipinski definition) is 2. The minimum Gasteiger partial charge on any atom is -0.480 e. The zero-order valence-corrected chi connectivity index (χ0v) is 11.2. The number of rotatable bonds is 4. The number of nitrogens with two attached hydrogens (primary N) is 1. The number of amides is 1. The third-order valence-electron chi connectivity index (χ3n) is 2.90. The average Bonchev–Trinajstić information content (AvgIpc) is 2.71. The monoisotopic (exact) mass is 260 g/mol. The lowest BCUT2D eigenvalue weighted by molar-refractivity contribution is -0.150. The summed E-state index contributed by atoms with van der Waals surface area (Å²) in [4.78, 5) is 24.7. The Bertz CT molecular complexity index is 309. The lowest BCUT2D eigenvalue weighted by atomic mass is 10.1. The first-order valence-electron chi connectivity index (χ1n) is 5.82. The van der Waals surface area contributed by atoms with Crippen molar-refractivity contribution in [3.63, 3.8) is 0 Å². The molecule has 1 aliphatic heterocycles. The molecule has 1 aliphatic rings. The largest absolute Gasteiger partial charge is 0.480 e. The summed E-state index contributed by atoms with van der Waals surface area (Å²) in [7, 11) is 0. The number of carboxylic acid groups (broad SMARTS) is 1. The van der Waals surface area contributed by atoms with E-state index in [9.17, 15) is 9.59 Å². The summed E-state index contributed by atoms with van der Waals surface area (Å²) < 4.78 is 0. The highest BCUT2D eigenvalue weighted by atomic mass is 32.2. The SMILES string of the molecule is CC[C@@H](N)C(=O)N1C(C(=O)O)CSC1C(C)C. The van der Waals surface area contributed by atoms with Gasteiger partial charge in [0.2, 0.25) is 5.91 Å². The van der Waals surface area contributed by atoms with E-state index in [4.69, 9.17) is 10.8 Å². The Morgan fingerprint density at radius 1 is 1.53 bits per heavy atom. The smallest absolute Gasteiger partial charge is 0.327 e. The van der Waals surface area contributed by atoms with Gasteiger partial charge in [-0.2, -0.15) is 0 Å². The number of nitrogens with zero attached hydrogens (tertiary/aromatic N) is 1. The van der Waals surface area contributed by atoms with Crippen LogP contribution in [0.1, 0.15) is 27.2 Å². The maximum Gasteiger partial charge on any atom is 0.327 e. The van der Waals surface area contributed by atoms with E-state index >= 15 is 0 Å². The molecule has 1 heterocycles. The molecule has 1 amide bonds. The third kappa shape index (κ3) is 2.93. The van der Waals surface area contributed by atoms with Crippen molar-refractivity contribution in [3.05, 3.63) is 0 Å². The second-order valence-corrected chi connectivity index (χ2v) is 5.73. The molecule has 0 aromatic rings. The minimum atomic E-state index is -0.947. The van der Waals surface area contributed by atoms with Crippen LogP contribution in [0.4, 0.5) is 0 Å². The summed E-state index contributed by atoms with van der Waals surface area (Å²) in [6.45, 7) is 5.80. The number of aliphatic carboxylic acids is 1. The van der Waals surface area contributed by atoms with Crippen LogP contribution in [0, 0.1) is 5.92 Å². The van der Waals surface area contributed by atoms with E-state index in [1.54, 1.807) is 0 Å². The van der Waals surface area contributed by atoms with Gasteiger partial charge in [-0.25, -0.2) is 4.79 Å². The molecule has 0 bridgehead atoms. The Morgan fingerprint density at radius 3 is 2.53 bits per heavy atom. The number of carbonyl (C=O) groups is 2. The molecule has 5 nitrogen and oxygen atoms in total. The molecule has 0 radical (unpaired) electrons. The molecule has 1 saturated heterocycles. The van der Waals surface area contributed by atoms with Crippen molar-refractivity contribution >= 4 is 23.6 Å². The molecular formula is C11H20N2O3S. The number of carboxylic acids is 1. The molecule has 98 valence electrons. The summed E-state index contributed by atoms with van der Waals surface area (Å²) >= 11 is 1.52. The van der Waals surface area contributed by atoms with Gasteiger partial charge in [0.25, 0.3) is 0 Å². The fourth-order valence-corrected chi connectivity index (χ4v) is 3.36. The zero-order valence-electron chi connectivity index (χ0n) is 10.4. The second-order valence-electron chi connectivity index (χ2n) is 4.58. The van der Waals surface area contributed by atoms with Crippen LogP contribution < -0.4 is 5.73 Å². The summed E-state index contributed by atoms with van der Waals surface area (Å²) in [5.41, 5.74) is 5.73. The molecule has 0 aromatic heterocycles. The minimum absolute atomic E-state index is 0.0822. The van der Waals surface area contributed by atoms with Crippen molar-refractivity contribution in [2.75, 3.05) is 5.75 Å². The van der Waals surface area contributed by atoms with Crippen molar-refractivity contribution in [1.82, 2.24) is 4.90 Å². The topological polar surface area (TPSA) is 83.6 Å². The van der Waals surface area contributed by atoms with E-state index in [0.29, 0.717) is 12.2 Å². The molecule has 1 fully saturated rings. The van der Waals surface area contributed by atoms with Gasteiger partial charge in [-0.15, -0.1) is 11.8 Å². The van der Waals surface area contributed by atoms with Gasteiger partial charge in [-0.1, -0.05) is 20.8 Å². The predicted molar refractivity (Wildman–Crippen MR) is 67.6 cm³/mol. The summed E-state index contributed by atoms with van der Waals surface area (Å²) in [5.74, 6) is -0.529. The van der Waals surface area contributed by atoms with E-state index in [0.717, 1.165) is 0 Å². The number of hydrogen-bond acceptors (Lipinski definition) is 4. The molecule has 0 aliphatic carbocycles. The Labute approximate surface area is 106 Å². The summed E-state index contributed by atoms with van der Waals surface area (Å²) in [5, 5.41) is 9.06. The van der Waals surface area contributed by atoms with Crippen LogP contribution in [0.15, 0.2) is 0 Å². The first-order chi connectivity index (χ1) is 7.90. The van der Waals surface area contributed by atoms with E-state index < -0.39 is 18.1 Å². The maximum atomic E-state index is 12.1. The van der Waals surface area contributed by atoms with Crippen LogP contribution in [0.25, 0.3) is 0 Å². The van der Waals surface area contributed by atoms with Crippen molar-refractivity contribution in [3.8, 4) is 0 Å². The van der Waals surface area contributed by atoms with Crippen LogP contribution in [0.5, 0.6) is 0 Å². The highest BCUT2D eigenvalue weighted by Crippen LogP contribution is 2.34. The molecule has 0 spiro atoms. The van der Waals surface area contributed by atoms with Gasteiger partial charge in [0.1, 0.15) is 6.04 Å². The van der Waals surface area contributed by atoms with Gasteiger partial charge in [0, 0.05) is 5.75 Å². The Kier molecular flexibility index (Phi) is 4.82. The highest BCUT2D eigenvalue weighted by Gasteiger charge is 2.43. The zero-order chi connectivity index (χ0) is 13.2. The molecule has 3 N–H and O–H groups in total. The Morgan fingerprint density at radius 2 is 2.12 bits per heavy atom. The summed E-state index contributed by atoms with van der Waals surface area (Å²) in [6, 6.07) is -1.34. The van der Waals surface area contributed by atoms with Crippen LogP contribution in [0.2, 0.25) is 0 Å². The van der Waals surface area contributed by atoms with Crippen LogP contribution >= 0.6 is 11.8 Å². The number of thioether (sulfide) groups is 1. The fraction of sp³-hybridized carbons (Fsp3) is 0.818. The van der Waals surface area contributed by atoms with Crippen molar-refractivity contribution in [2.45, 2.75) is 44.6 Å². The Hall–Kier alpha value is -0.750. The first-order valence-corrected chi connectivity index (χ1v) is 6.87. The van der Waals surface area contributed by atoms with Gasteiger partial charge in [0.05, 0.1) is 11.4 Å². The van der Waals surface area contributed by atoms with Crippen molar-refractivity contribution < 1.29 is 14.7 Å². The lowest BCUT2D eigenvalue weighted by Gasteiger charge is -2.31. The van der Waals surface area contributed by atoms with Crippen molar-refractivity contribution in [2.24, 2.45) is 11.7 Å². The molecule has 17 heavy (non-hydrogen) atoms. The van der Waals surface area contributed by atoms with E-state index in [1.807, 2.05) is 20.8 Å². The first kappa shape index (κ1) is 14.3. The van der Waals surface area contributed by atoms with E-state index in [2.05, 4.69) is 0 Å². The molecule has 1 rings (SSSR count). The fourth-order valence-electron chi connectivity index (χ4n) is 1.88. The van der Waals surface area contributed by atoms with E-state index in [1.165, 1.54) is 16.7 Å². The van der Waals surface area contributed by atoms with Crippen molar-refractivity contribution in [1.29, 1.82) is 0 Å². The van der Waals surface area contributed by atoms with Gasteiger partial charge in [0.15, 0.2) is 0 Å². The van der Waals surface area contributed by atoms with Gasteiger partial charge < -0.3 is 15.7 Å². The molecule has 0 saturated carbocycles. The van der Waals surface area contributed by atoms with Crippen LogP contribution in [-0.4, -0.2) is 45.1 Å².